The number of aromatic nitrogens is 2. The first-order valence-electron chi connectivity index (χ1n) is 9.04. The van der Waals surface area contributed by atoms with E-state index in [9.17, 15) is 18.0 Å². The molecule has 1 aromatic carbocycles. The first kappa shape index (κ1) is 21.3. The summed E-state index contributed by atoms with van der Waals surface area (Å²) >= 11 is 0. The average molecular weight is 416 g/mol. The molecule has 0 aliphatic carbocycles. The minimum Gasteiger partial charge on any atom is -0.478 e. The molecule has 2 heterocycles. The number of ketones is 1. The van der Waals surface area contributed by atoms with Gasteiger partial charge in [0.1, 0.15) is 11.5 Å². The Morgan fingerprint density at radius 1 is 1.07 bits per heavy atom. The van der Waals surface area contributed by atoms with Gasteiger partial charge in [-0.05, 0) is 23.8 Å². The van der Waals surface area contributed by atoms with Crippen molar-refractivity contribution in [3.8, 4) is 5.88 Å². The number of halogens is 3. The maximum atomic E-state index is 13.4. The number of pyridine rings is 2. The van der Waals surface area contributed by atoms with Crippen LogP contribution >= 0.6 is 0 Å². The number of benzene rings is 1. The Kier molecular flexibility index (Phi) is 6.31. The van der Waals surface area contributed by atoms with Gasteiger partial charge in [-0.15, -0.1) is 0 Å². The SMILES string of the molecule is Nc1ncccc1C(=O)c1nc(OCCC(N)c2ccccc2)ccc1C(F)(F)F. The van der Waals surface area contributed by atoms with Crippen LogP contribution in [-0.2, 0) is 6.18 Å². The Morgan fingerprint density at radius 2 is 1.80 bits per heavy atom. The van der Waals surface area contributed by atoms with Crippen LogP contribution in [0.5, 0.6) is 5.88 Å². The molecule has 1 unspecified atom stereocenters. The van der Waals surface area contributed by atoms with Crippen molar-refractivity contribution in [1.82, 2.24) is 9.97 Å². The van der Waals surface area contributed by atoms with E-state index in [1.54, 1.807) is 0 Å². The van der Waals surface area contributed by atoms with Gasteiger partial charge in [-0.3, -0.25) is 4.79 Å². The van der Waals surface area contributed by atoms with Crippen molar-refractivity contribution in [3.63, 3.8) is 0 Å². The maximum Gasteiger partial charge on any atom is 0.418 e. The van der Waals surface area contributed by atoms with Crippen molar-refractivity contribution in [2.45, 2.75) is 18.6 Å². The minimum atomic E-state index is -4.77. The molecule has 0 spiro atoms. The van der Waals surface area contributed by atoms with Gasteiger partial charge in [-0.25, -0.2) is 9.97 Å². The van der Waals surface area contributed by atoms with Crippen molar-refractivity contribution in [1.29, 1.82) is 0 Å². The quantitative estimate of drug-likeness (QED) is 0.568. The summed E-state index contributed by atoms with van der Waals surface area (Å²) in [6.45, 7) is 0.108. The number of carbonyl (C=O) groups excluding carboxylic acids is 1. The largest absolute Gasteiger partial charge is 0.478 e. The van der Waals surface area contributed by atoms with Gasteiger partial charge < -0.3 is 16.2 Å². The molecule has 3 rings (SSSR count). The van der Waals surface area contributed by atoms with Crippen molar-refractivity contribution < 1.29 is 22.7 Å². The second-order valence-corrected chi connectivity index (χ2v) is 6.46. The zero-order valence-electron chi connectivity index (χ0n) is 15.8. The highest BCUT2D eigenvalue weighted by molar-refractivity contribution is 6.11. The molecule has 3 aromatic rings. The summed E-state index contributed by atoms with van der Waals surface area (Å²) < 4.78 is 45.7. The van der Waals surface area contributed by atoms with Gasteiger partial charge in [-0.2, -0.15) is 13.2 Å². The van der Waals surface area contributed by atoms with Crippen LogP contribution in [0.4, 0.5) is 19.0 Å². The molecule has 0 aliphatic heterocycles. The molecule has 2 aromatic heterocycles. The van der Waals surface area contributed by atoms with Crippen LogP contribution in [0, 0.1) is 0 Å². The lowest BCUT2D eigenvalue weighted by Gasteiger charge is -2.15. The molecule has 0 saturated carbocycles. The molecule has 4 N–H and O–H groups in total. The molecule has 30 heavy (non-hydrogen) atoms. The van der Waals surface area contributed by atoms with Gasteiger partial charge in [0.15, 0.2) is 0 Å². The Balaban J connectivity index is 1.81. The molecule has 0 aliphatic rings. The molecule has 0 amide bonds. The van der Waals surface area contributed by atoms with E-state index < -0.39 is 23.2 Å². The third-order valence-electron chi connectivity index (χ3n) is 4.38. The summed E-state index contributed by atoms with van der Waals surface area (Å²) in [7, 11) is 0. The van der Waals surface area contributed by atoms with Crippen LogP contribution in [0.2, 0.25) is 0 Å². The summed E-state index contributed by atoms with van der Waals surface area (Å²) in [6.07, 6.45) is -3.03. The average Bonchev–Trinajstić information content (AvgIpc) is 2.73. The second kappa shape index (κ2) is 8.91. The lowest BCUT2D eigenvalue weighted by molar-refractivity contribution is -0.138. The molecule has 0 radical (unpaired) electrons. The van der Waals surface area contributed by atoms with E-state index in [4.69, 9.17) is 16.2 Å². The predicted molar refractivity (Wildman–Crippen MR) is 105 cm³/mol. The number of alkyl halides is 3. The first-order valence-corrected chi connectivity index (χ1v) is 9.04. The van der Waals surface area contributed by atoms with E-state index in [1.807, 2.05) is 30.3 Å². The zero-order chi connectivity index (χ0) is 21.7. The normalized spacial score (nSPS) is 12.4. The molecule has 0 saturated heterocycles. The monoisotopic (exact) mass is 416 g/mol. The molecule has 1 atom stereocenters. The number of rotatable bonds is 7. The lowest BCUT2D eigenvalue weighted by Crippen LogP contribution is -2.18. The fourth-order valence-electron chi connectivity index (χ4n) is 2.82. The van der Waals surface area contributed by atoms with Crippen molar-refractivity contribution in [2.24, 2.45) is 5.73 Å². The summed E-state index contributed by atoms with van der Waals surface area (Å²) in [5.41, 5.74) is 10.5. The van der Waals surface area contributed by atoms with Crippen LogP contribution in [0.1, 0.15) is 39.6 Å². The van der Waals surface area contributed by atoms with Crippen molar-refractivity contribution >= 4 is 11.6 Å². The van der Waals surface area contributed by atoms with Crippen molar-refractivity contribution in [3.05, 3.63) is 83.2 Å². The third-order valence-corrected chi connectivity index (χ3v) is 4.38. The van der Waals surface area contributed by atoms with Gasteiger partial charge in [0.05, 0.1) is 17.7 Å². The molecular weight excluding hydrogens is 397 g/mol. The molecule has 6 nitrogen and oxygen atoms in total. The van der Waals surface area contributed by atoms with E-state index in [2.05, 4.69) is 9.97 Å². The number of nitrogens with two attached hydrogens (primary N) is 2. The smallest absolute Gasteiger partial charge is 0.418 e. The number of hydrogen-bond donors (Lipinski definition) is 2. The zero-order valence-corrected chi connectivity index (χ0v) is 15.8. The first-order chi connectivity index (χ1) is 14.3. The van der Waals surface area contributed by atoms with Crippen molar-refractivity contribution in [2.75, 3.05) is 12.3 Å². The number of nitrogen functional groups attached to an aromatic ring is 1. The summed E-state index contributed by atoms with van der Waals surface area (Å²) in [4.78, 5) is 20.2. The molecule has 0 bridgehead atoms. The predicted octanol–water partition coefficient (Wildman–Crippen LogP) is 3.78. The third kappa shape index (κ3) is 4.93. The Morgan fingerprint density at radius 3 is 2.47 bits per heavy atom. The van der Waals surface area contributed by atoms with E-state index in [0.29, 0.717) is 6.42 Å². The standard InChI is InChI=1S/C21H19F3N4O2/c22-21(23,24)15-8-9-17(30-12-10-16(25)13-5-2-1-3-6-13)28-18(15)19(29)14-7-4-11-27-20(14)26/h1-9,11,16H,10,12,25H2,(H2,26,27). The van der Waals surface area contributed by atoms with Gasteiger partial charge >= 0.3 is 6.18 Å². The van der Waals surface area contributed by atoms with E-state index in [-0.39, 0.29) is 29.9 Å². The number of nitrogens with zero attached hydrogens (tertiary/aromatic N) is 2. The van der Waals surface area contributed by atoms with Gasteiger partial charge in [-0.1, -0.05) is 30.3 Å². The number of carbonyl (C=O) groups is 1. The fourth-order valence-corrected chi connectivity index (χ4v) is 2.82. The van der Waals surface area contributed by atoms with E-state index in [0.717, 1.165) is 17.7 Å². The highest BCUT2D eigenvalue weighted by Gasteiger charge is 2.37. The highest BCUT2D eigenvalue weighted by atomic mass is 19.4. The highest BCUT2D eigenvalue weighted by Crippen LogP contribution is 2.33. The van der Waals surface area contributed by atoms with Crippen LogP contribution in [0.15, 0.2) is 60.8 Å². The summed E-state index contributed by atoms with van der Waals surface area (Å²) in [6, 6.07) is 13.5. The van der Waals surface area contributed by atoms with Gasteiger partial charge in [0.25, 0.3) is 0 Å². The minimum absolute atomic E-state index is 0.108. The van der Waals surface area contributed by atoms with Gasteiger partial charge in [0, 0.05) is 24.7 Å². The van der Waals surface area contributed by atoms with E-state index >= 15 is 0 Å². The molecular formula is C21H19F3N4O2. The van der Waals surface area contributed by atoms with Crippen LogP contribution in [-0.4, -0.2) is 22.4 Å². The number of ether oxygens (including phenoxy) is 1. The Labute approximate surface area is 170 Å². The Bertz CT molecular complexity index is 1030. The fraction of sp³-hybridized carbons (Fsp3) is 0.190. The molecule has 0 fully saturated rings. The van der Waals surface area contributed by atoms with Crippen LogP contribution in [0.3, 0.4) is 0 Å². The lowest BCUT2D eigenvalue weighted by atomic mass is 10.0. The molecule has 156 valence electrons. The van der Waals surface area contributed by atoms with Crippen LogP contribution < -0.4 is 16.2 Å². The molecule has 9 heteroatoms. The topological polar surface area (TPSA) is 104 Å². The van der Waals surface area contributed by atoms with Gasteiger partial charge in [0.2, 0.25) is 11.7 Å². The Hall–Kier alpha value is -3.46. The van der Waals surface area contributed by atoms with Crippen LogP contribution in [0.25, 0.3) is 0 Å². The summed E-state index contributed by atoms with van der Waals surface area (Å²) in [5.74, 6) is -1.29. The second-order valence-electron chi connectivity index (χ2n) is 6.46. The number of hydrogen-bond acceptors (Lipinski definition) is 6. The number of anilines is 1. The summed E-state index contributed by atoms with van der Waals surface area (Å²) in [5, 5.41) is 0. The van der Waals surface area contributed by atoms with E-state index in [1.165, 1.54) is 18.3 Å². The maximum absolute atomic E-state index is 13.4.